The Hall–Kier alpha value is 0.134. The Labute approximate surface area is 73.9 Å². The summed E-state index contributed by atoms with van der Waals surface area (Å²) in [5, 5.41) is 0. The minimum atomic E-state index is -0.774. The van der Waals surface area contributed by atoms with Crippen molar-refractivity contribution in [1.82, 2.24) is 0 Å². The molecule has 1 rings (SSSR count). The van der Waals surface area contributed by atoms with Crippen LogP contribution in [0.15, 0.2) is 12.3 Å². The lowest BCUT2D eigenvalue weighted by molar-refractivity contribution is 0.0341. The number of hydrogen-bond acceptors (Lipinski definition) is 1. The van der Waals surface area contributed by atoms with Crippen LogP contribution in [0.25, 0.3) is 0 Å². The number of ether oxygens (including phenoxy) is 1. The molecule has 1 fully saturated rings. The van der Waals surface area contributed by atoms with Crippen LogP contribution in [0.4, 0.5) is 0 Å². The van der Waals surface area contributed by atoms with E-state index in [1.54, 1.807) is 0 Å². The van der Waals surface area contributed by atoms with Gasteiger partial charge in [0.1, 0.15) is 0 Å². The van der Waals surface area contributed by atoms with Gasteiger partial charge in [0.2, 0.25) is 0 Å². The van der Waals surface area contributed by atoms with Gasteiger partial charge >= 0.3 is 0 Å². The lowest BCUT2D eigenvalue weighted by Crippen LogP contribution is -2.48. The van der Waals surface area contributed by atoms with E-state index in [0.29, 0.717) is 4.85 Å². The second-order valence-corrected chi connectivity index (χ2v) is 9.76. The summed E-state index contributed by atoms with van der Waals surface area (Å²) in [6.07, 6.45) is 3.94. The van der Waals surface area contributed by atoms with Crippen molar-refractivity contribution < 1.29 is 4.74 Å². The Balaban J connectivity index is 2.55. The lowest BCUT2D eigenvalue weighted by Gasteiger charge is -2.37. The second-order valence-electron chi connectivity index (χ2n) is 3.64. The zero-order valence-corrected chi connectivity index (χ0v) is 10.8. The van der Waals surface area contributed by atoms with Crippen LogP contribution < -0.4 is 0 Å². The first kappa shape index (κ1) is 9.22. The molecule has 0 saturated carbocycles. The largest absolute Gasteiger partial charge is 0.383 e. The Bertz CT molecular complexity index is 141. The highest BCUT2D eigenvalue weighted by molar-refractivity contribution is 6.73. The summed E-state index contributed by atoms with van der Waals surface area (Å²) < 4.78 is 5.87. The van der Waals surface area contributed by atoms with Crippen molar-refractivity contribution in [1.29, 1.82) is 0 Å². The molecule has 0 aromatic rings. The first-order valence-electron chi connectivity index (χ1n) is 4.45. The molecule has 3 heteroatoms. The van der Waals surface area contributed by atoms with E-state index in [0.717, 1.165) is 6.61 Å². The van der Waals surface area contributed by atoms with Gasteiger partial charge in [0.25, 0.3) is 0 Å². The van der Waals surface area contributed by atoms with Crippen LogP contribution in [0.1, 0.15) is 19.3 Å². The van der Waals surface area contributed by atoms with E-state index in [-0.39, 0.29) is 0 Å². The monoisotopic (exact) mass is 186 g/mol. The van der Waals surface area contributed by atoms with E-state index in [1.807, 2.05) is 0 Å². The van der Waals surface area contributed by atoms with Gasteiger partial charge < -0.3 is 4.74 Å². The molecule has 0 N–H and O–H groups in total. The summed E-state index contributed by atoms with van der Waals surface area (Å²) in [5.41, 5.74) is 2.16. The highest BCUT2D eigenvalue weighted by Gasteiger charge is 2.32. The van der Waals surface area contributed by atoms with E-state index in [2.05, 4.69) is 18.8 Å². The summed E-state index contributed by atoms with van der Waals surface area (Å²) in [5.74, 6) is 0. The smallest absolute Gasteiger partial charge is 0.0897 e. The third-order valence-corrected chi connectivity index (χ3v) is 9.43. The van der Waals surface area contributed by atoms with E-state index in [1.165, 1.54) is 29.5 Å². The lowest BCUT2D eigenvalue weighted by atomic mass is 10.2. The summed E-state index contributed by atoms with van der Waals surface area (Å²) in [6.45, 7) is 7.23. The average Bonchev–Trinajstić information content (AvgIpc) is 2.04. The van der Waals surface area contributed by atoms with Gasteiger partial charge in [-0.15, -0.1) is 12.3 Å². The van der Waals surface area contributed by atoms with Crippen molar-refractivity contribution in [3.8, 4) is 0 Å². The standard InChI is InChI=1S/C8H18OSi2/c1-3-11(2)8(10)6-4-5-7-9-8/h3,11H,1,4-7H2,2,10H3. The van der Waals surface area contributed by atoms with Crippen LogP contribution in [0.2, 0.25) is 6.55 Å². The summed E-state index contributed by atoms with van der Waals surface area (Å²) in [4.78, 5) is 0.347. The fourth-order valence-electron chi connectivity index (χ4n) is 1.56. The molecule has 2 unspecified atom stereocenters. The van der Waals surface area contributed by atoms with Gasteiger partial charge in [-0.3, -0.25) is 0 Å². The molecule has 2 atom stereocenters. The van der Waals surface area contributed by atoms with Gasteiger partial charge in [0.05, 0.1) is 8.80 Å². The van der Waals surface area contributed by atoms with Gasteiger partial charge in [-0.2, -0.15) is 0 Å². The molecule has 64 valence electrons. The van der Waals surface area contributed by atoms with Gasteiger partial charge in [-0.05, 0) is 19.3 Å². The van der Waals surface area contributed by atoms with Crippen molar-refractivity contribution in [3.05, 3.63) is 12.3 Å². The van der Waals surface area contributed by atoms with E-state index < -0.39 is 8.80 Å². The molecule has 1 aliphatic heterocycles. The fraction of sp³-hybridized carbons (Fsp3) is 0.750. The van der Waals surface area contributed by atoms with Crippen molar-refractivity contribution in [2.45, 2.75) is 30.7 Å². The molecule has 0 aliphatic carbocycles. The third-order valence-electron chi connectivity index (χ3n) is 2.82. The minimum Gasteiger partial charge on any atom is -0.383 e. The second kappa shape index (κ2) is 3.69. The molecule has 0 amide bonds. The van der Waals surface area contributed by atoms with Crippen LogP contribution in [-0.4, -0.2) is 30.5 Å². The predicted octanol–water partition coefficient (Wildman–Crippen LogP) is 0.370. The van der Waals surface area contributed by atoms with Crippen LogP contribution in [0.5, 0.6) is 0 Å². The highest BCUT2D eigenvalue weighted by Crippen LogP contribution is 2.24. The van der Waals surface area contributed by atoms with E-state index in [4.69, 9.17) is 4.74 Å². The topological polar surface area (TPSA) is 9.23 Å². The highest BCUT2D eigenvalue weighted by atomic mass is 28.3. The van der Waals surface area contributed by atoms with Crippen molar-refractivity contribution in [3.63, 3.8) is 0 Å². The van der Waals surface area contributed by atoms with Crippen molar-refractivity contribution in [2.24, 2.45) is 0 Å². The molecule has 0 spiro atoms. The Morgan fingerprint density at radius 2 is 2.36 bits per heavy atom. The minimum absolute atomic E-state index is 0.347. The molecule has 0 bridgehead atoms. The summed E-state index contributed by atoms with van der Waals surface area (Å²) in [6, 6.07) is 0. The Kier molecular flexibility index (Phi) is 3.10. The quantitative estimate of drug-likeness (QED) is 0.566. The zero-order chi connectivity index (χ0) is 8.32. The van der Waals surface area contributed by atoms with Crippen molar-refractivity contribution in [2.75, 3.05) is 6.61 Å². The van der Waals surface area contributed by atoms with Gasteiger partial charge in [0, 0.05) is 21.7 Å². The summed E-state index contributed by atoms with van der Waals surface area (Å²) in [7, 11) is 0.417. The first-order chi connectivity index (χ1) is 5.19. The van der Waals surface area contributed by atoms with Gasteiger partial charge in [-0.1, -0.05) is 6.55 Å². The molecule has 11 heavy (non-hydrogen) atoms. The summed E-state index contributed by atoms with van der Waals surface area (Å²) >= 11 is 0. The predicted molar refractivity (Wildman–Crippen MR) is 55.7 cm³/mol. The fourth-order valence-corrected chi connectivity index (χ4v) is 4.37. The van der Waals surface area contributed by atoms with E-state index in [9.17, 15) is 0 Å². The maximum Gasteiger partial charge on any atom is 0.0897 e. The Morgan fingerprint density at radius 1 is 1.64 bits per heavy atom. The average molecular weight is 186 g/mol. The molecule has 1 heterocycles. The molecule has 0 aromatic carbocycles. The zero-order valence-electron chi connectivity index (χ0n) is 7.60. The maximum absolute atomic E-state index is 5.87. The molecular formula is C8H18OSi2. The molecular weight excluding hydrogens is 168 g/mol. The van der Waals surface area contributed by atoms with Gasteiger partial charge in [-0.25, -0.2) is 0 Å². The molecule has 0 aromatic heterocycles. The SMILES string of the molecule is C=C[SiH](C)C1([SiH3])CCCCO1. The maximum atomic E-state index is 5.87. The Morgan fingerprint density at radius 3 is 2.82 bits per heavy atom. The van der Waals surface area contributed by atoms with Crippen LogP contribution in [0.3, 0.4) is 0 Å². The van der Waals surface area contributed by atoms with E-state index >= 15 is 0 Å². The van der Waals surface area contributed by atoms with Gasteiger partial charge in [0.15, 0.2) is 0 Å². The third kappa shape index (κ3) is 2.04. The van der Waals surface area contributed by atoms with Crippen LogP contribution >= 0.6 is 0 Å². The number of hydrogen-bond donors (Lipinski definition) is 0. The molecule has 1 saturated heterocycles. The molecule has 0 radical (unpaired) electrons. The number of rotatable bonds is 2. The molecule has 1 nitrogen and oxygen atoms in total. The molecule has 1 aliphatic rings. The normalized spacial score (nSPS) is 35.0. The van der Waals surface area contributed by atoms with Crippen LogP contribution in [-0.2, 0) is 4.74 Å². The van der Waals surface area contributed by atoms with Crippen LogP contribution in [0, 0.1) is 0 Å². The first-order valence-corrected chi connectivity index (χ1v) is 7.85. The van der Waals surface area contributed by atoms with Crippen molar-refractivity contribution >= 4 is 19.0 Å².